The highest BCUT2D eigenvalue weighted by molar-refractivity contribution is 5.89. The van der Waals surface area contributed by atoms with Crippen molar-refractivity contribution in [3.63, 3.8) is 0 Å². The summed E-state index contributed by atoms with van der Waals surface area (Å²) in [5.74, 6) is 0.382. The van der Waals surface area contributed by atoms with Crippen LogP contribution in [0.2, 0.25) is 0 Å². The molecule has 0 saturated carbocycles. The summed E-state index contributed by atoms with van der Waals surface area (Å²) in [6, 6.07) is 5.92. The van der Waals surface area contributed by atoms with Gasteiger partial charge in [-0.1, -0.05) is 0 Å². The number of alkyl halides is 6. The molecular formula is C19H18F6N4O. The number of carbonyl (C=O) groups excluding carboxylic acids is 1. The van der Waals surface area contributed by atoms with Crippen molar-refractivity contribution in [2.75, 3.05) is 36.4 Å². The van der Waals surface area contributed by atoms with Gasteiger partial charge in [0.05, 0.1) is 11.1 Å². The molecule has 1 aromatic carbocycles. The second-order valence-corrected chi connectivity index (χ2v) is 6.74. The van der Waals surface area contributed by atoms with Crippen LogP contribution >= 0.6 is 0 Å². The fourth-order valence-corrected chi connectivity index (χ4v) is 3.04. The van der Waals surface area contributed by atoms with Gasteiger partial charge in [-0.05, 0) is 42.8 Å². The Bertz CT molecular complexity index is 865. The first-order valence-electron chi connectivity index (χ1n) is 9.05. The van der Waals surface area contributed by atoms with Gasteiger partial charge < -0.3 is 15.1 Å². The lowest BCUT2D eigenvalue weighted by Gasteiger charge is -2.23. The summed E-state index contributed by atoms with van der Waals surface area (Å²) in [7, 11) is 0. The highest BCUT2D eigenvalue weighted by atomic mass is 19.4. The molecule has 2 aromatic rings. The van der Waals surface area contributed by atoms with Gasteiger partial charge in [0, 0.05) is 38.1 Å². The minimum atomic E-state index is -4.46. The third-order valence-electron chi connectivity index (χ3n) is 4.65. The number of nitrogens with zero attached hydrogens (tertiary/aromatic N) is 3. The third-order valence-corrected chi connectivity index (χ3v) is 4.65. The topological polar surface area (TPSA) is 48.5 Å². The average molecular weight is 432 g/mol. The summed E-state index contributed by atoms with van der Waals surface area (Å²) in [6.45, 7) is 1.54. The standard InChI is InChI=1S/C19H18F6N4O/c20-18(21,22)13-2-5-15(6-3-13)27-17(30)29-9-1-8-28(10-11-29)16-7-4-14(12-26-16)19(23,24)25/h2-7,12H,1,8-11H2,(H,27,30). The van der Waals surface area contributed by atoms with E-state index in [1.807, 2.05) is 0 Å². The molecule has 0 radical (unpaired) electrons. The quantitative estimate of drug-likeness (QED) is 0.690. The number of pyridine rings is 1. The van der Waals surface area contributed by atoms with Gasteiger partial charge in [-0.3, -0.25) is 0 Å². The van der Waals surface area contributed by atoms with Crippen molar-refractivity contribution in [2.45, 2.75) is 18.8 Å². The molecule has 5 nitrogen and oxygen atoms in total. The number of aromatic nitrogens is 1. The van der Waals surface area contributed by atoms with E-state index < -0.39 is 29.5 Å². The predicted molar refractivity (Wildman–Crippen MR) is 98.1 cm³/mol. The van der Waals surface area contributed by atoms with E-state index in [9.17, 15) is 31.1 Å². The van der Waals surface area contributed by atoms with Crippen molar-refractivity contribution >= 4 is 17.5 Å². The van der Waals surface area contributed by atoms with Crippen LogP contribution in [0.4, 0.5) is 42.6 Å². The van der Waals surface area contributed by atoms with Gasteiger partial charge in [0.1, 0.15) is 5.82 Å². The third kappa shape index (κ3) is 5.33. The molecule has 2 heterocycles. The van der Waals surface area contributed by atoms with Crippen molar-refractivity contribution in [3.8, 4) is 0 Å². The van der Waals surface area contributed by atoms with E-state index in [1.54, 1.807) is 4.90 Å². The average Bonchev–Trinajstić information content (AvgIpc) is 2.93. The summed E-state index contributed by atoms with van der Waals surface area (Å²) in [6.07, 6.45) is -7.58. The molecular weight excluding hydrogens is 414 g/mol. The van der Waals surface area contributed by atoms with Gasteiger partial charge in [-0.15, -0.1) is 0 Å². The van der Waals surface area contributed by atoms with Crippen LogP contribution < -0.4 is 10.2 Å². The number of nitrogens with one attached hydrogen (secondary N) is 1. The summed E-state index contributed by atoms with van der Waals surface area (Å²) in [4.78, 5) is 19.6. The van der Waals surface area contributed by atoms with Gasteiger partial charge in [0.2, 0.25) is 0 Å². The zero-order valence-corrected chi connectivity index (χ0v) is 15.6. The lowest BCUT2D eigenvalue weighted by molar-refractivity contribution is -0.138. The minimum Gasteiger partial charge on any atom is -0.355 e. The largest absolute Gasteiger partial charge is 0.417 e. The fraction of sp³-hybridized carbons (Fsp3) is 0.368. The molecule has 0 unspecified atom stereocenters. The molecule has 162 valence electrons. The van der Waals surface area contributed by atoms with Crippen molar-refractivity contribution in [3.05, 3.63) is 53.7 Å². The Hall–Kier alpha value is -2.98. The molecule has 1 aliphatic heterocycles. The van der Waals surface area contributed by atoms with Crippen LogP contribution in [0.25, 0.3) is 0 Å². The van der Waals surface area contributed by atoms with Gasteiger partial charge in [0.15, 0.2) is 0 Å². The smallest absolute Gasteiger partial charge is 0.355 e. The highest BCUT2D eigenvalue weighted by Crippen LogP contribution is 2.30. The normalized spacial score (nSPS) is 15.7. The number of carbonyl (C=O) groups is 1. The molecule has 30 heavy (non-hydrogen) atoms. The number of anilines is 2. The summed E-state index contributed by atoms with van der Waals surface area (Å²) in [5, 5.41) is 2.56. The molecule has 0 atom stereocenters. The van der Waals surface area contributed by atoms with Crippen LogP contribution in [-0.2, 0) is 12.4 Å². The van der Waals surface area contributed by atoms with E-state index in [1.165, 1.54) is 23.1 Å². The van der Waals surface area contributed by atoms with Crippen LogP contribution in [-0.4, -0.2) is 42.1 Å². The van der Waals surface area contributed by atoms with Crippen molar-refractivity contribution < 1.29 is 31.1 Å². The number of amides is 2. The Kier molecular flexibility index (Phi) is 6.09. The van der Waals surface area contributed by atoms with Crippen LogP contribution in [0.5, 0.6) is 0 Å². The van der Waals surface area contributed by atoms with E-state index in [0.717, 1.165) is 24.4 Å². The zero-order chi connectivity index (χ0) is 21.9. The van der Waals surface area contributed by atoms with E-state index >= 15 is 0 Å². The van der Waals surface area contributed by atoms with Crippen molar-refractivity contribution in [2.24, 2.45) is 0 Å². The van der Waals surface area contributed by atoms with Crippen molar-refractivity contribution in [1.82, 2.24) is 9.88 Å². The Morgan fingerprint density at radius 3 is 2.03 bits per heavy atom. The Morgan fingerprint density at radius 1 is 0.833 bits per heavy atom. The van der Waals surface area contributed by atoms with Gasteiger partial charge in [-0.2, -0.15) is 26.3 Å². The molecule has 1 fully saturated rings. The maximum atomic E-state index is 12.7. The van der Waals surface area contributed by atoms with Gasteiger partial charge >= 0.3 is 18.4 Å². The number of benzene rings is 1. The Balaban J connectivity index is 1.58. The fourth-order valence-electron chi connectivity index (χ4n) is 3.04. The van der Waals surface area contributed by atoms with E-state index in [-0.39, 0.29) is 12.2 Å². The summed E-state index contributed by atoms with van der Waals surface area (Å²) < 4.78 is 75.8. The van der Waals surface area contributed by atoms with E-state index in [0.29, 0.717) is 31.9 Å². The highest BCUT2D eigenvalue weighted by Gasteiger charge is 2.31. The first kappa shape index (κ1) is 21.7. The second kappa shape index (κ2) is 8.41. The second-order valence-electron chi connectivity index (χ2n) is 6.74. The van der Waals surface area contributed by atoms with E-state index in [4.69, 9.17) is 0 Å². The molecule has 0 aliphatic carbocycles. The molecule has 0 spiro atoms. The number of urea groups is 1. The lowest BCUT2D eigenvalue weighted by Crippen LogP contribution is -2.38. The van der Waals surface area contributed by atoms with Crippen molar-refractivity contribution in [1.29, 1.82) is 0 Å². The van der Waals surface area contributed by atoms with Gasteiger partial charge in [-0.25, -0.2) is 9.78 Å². The van der Waals surface area contributed by atoms with Crippen LogP contribution in [0.15, 0.2) is 42.6 Å². The summed E-state index contributed by atoms with van der Waals surface area (Å²) >= 11 is 0. The zero-order valence-electron chi connectivity index (χ0n) is 15.6. The van der Waals surface area contributed by atoms with E-state index in [2.05, 4.69) is 10.3 Å². The SMILES string of the molecule is O=C(Nc1ccc(C(F)(F)F)cc1)N1CCCN(c2ccc(C(F)(F)F)cn2)CC1. The molecule has 1 N–H and O–H groups in total. The minimum absolute atomic E-state index is 0.235. The Labute approximate surface area is 168 Å². The maximum absolute atomic E-state index is 12.7. The van der Waals surface area contributed by atoms with Crippen LogP contribution in [0, 0.1) is 0 Å². The molecule has 3 rings (SSSR count). The number of hydrogen-bond acceptors (Lipinski definition) is 3. The predicted octanol–water partition coefficient (Wildman–Crippen LogP) is 4.86. The Morgan fingerprint density at radius 2 is 1.47 bits per heavy atom. The number of halogens is 6. The summed E-state index contributed by atoms with van der Waals surface area (Å²) in [5.41, 5.74) is -1.41. The maximum Gasteiger partial charge on any atom is 0.417 e. The molecule has 11 heteroatoms. The first-order chi connectivity index (χ1) is 14.0. The molecule has 1 saturated heterocycles. The number of rotatable bonds is 2. The molecule has 2 amide bonds. The van der Waals surface area contributed by atoms with Gasteiger partial charge in [0.25, 0.3) is 0 Å². The first-order valence-corrected chi connectivity index (χ1v) is 9.05. The lowest BCUT2D eigenvalue weighted by atomic mass is 10.2. The van der Waals surface area contributed by atoms with Crippen LogP contribution in [0.3, 0.4) is 0 Å². The number of hydrogen-bond donors (Lipinski definition) is 1. The monoisotopic (exact) mass is 432 g/mol. The molecule has 1 aromatic heterocycles. The molecule has 0 bridgehead atoms. The van der Waals surface area contributed by atoms with Crippen LogP contribution in [0.1, 0.15) is 17.5 Å². The molecule has 1 aliphatic rings.